The van der Waals surface area contributed by atoms with Gasteiger partial charge in [0.15, 0.2) is 0 Å². The van der Waals surface area contributed by atoms with E-state index in [1.807, 2.05) is 0 Å². The number of anilines is 2. The van der Waals surface area contributed by atoms with Crippen LogP contribution in [-0.2, 0) is 19.1 Å². The Morgan fingerprint density at radius 3 is 2.55 bits per heavy atom. The SMILES string of the molecule is NC[C@@H](NC(=O)C(F)(F)C(F)F)C(=O)Nc1ccc(N2CCOCC2=O)c(F)c1. The van der Waals surface area contributed by atoms with Gasteiger partial charge in [0, 0.05) is 18.8 Å². The molecule has 1 heterocycles. The van der Waals surface area contributed by atoms with E-state index < -0.39 is 48.5 Å². The Kier molecular flexibility index (Phi) is 7.08. The molecule has 3 amide bonds. The number of rotatable bonds is 7. The van der Waals surface area contributed by atoms with Crippen molar-refractivity contribution in [1.82, 2.24) is 5.32 Å². The third-order valence-corrected chi connectivity index (χ3v) is 3.93. The molecule has 1 aliphatic heterocycles. The minimum Gasteiger partial charge on any atom is -0.370 e. The molecule has 29 heavy (non-hydrogen) atoms. The van der Waals surface area contributed by atoms with Crippen molar-refractivity contribution in [2.75, 3.05) is 36.5 Å². The first kappa shape index (κ1) is 22.5. The number of carbonyl (C=O) groups is 3. The quantitative estimate of drug-likeness (QED) is 0.551. The van der Waals surface area contributed by atoms with Crippen LogP contribution < -0.4 is 21.3 Å². The van der Waals surface area contributed by atoms with E-state index in [0.29, 0.717) is 0 Å². The number of alkyl halides is 4. The summed E-state index contributed by atoms with van der Waals surface area (Å²) in [5.74, 6) is -9.83. The number of ether oxygens (including phenoxy) is 1. The first-order chi connectivity index (χ1) is 13.6. The standard InChI is InChI=1S/C16H17F5N4O4/c17-9-5-8(1-2-11(9)25-3-4-29-7-12(25)26)23-13(27)10(6-22)24-15(28)16(20,21)14(18)19/h1-2,5,10,14H,3-4,6-7,22H2,(H,23,27)(H,24,28)/t10-/m1/s1. The summed E-state index contributed by atoms with van der Waals surface area (Å²) in [6.45, 7) is -0.551. The van der Waals surface area contributed by atoms with E-state index in [1.54, 1.807) is 0 Å². The van der Waals surface area contributed by atoms with Crippen LogP contribution in [0, 0.1) is 5.82 Å². The molecule has 0 aromatic heterocycles. The molecule has 1 fully saturated rings. The Morgan fingerprint density at radius 1 is 1.31 bits per heavy atom. The largest absolute Gasteiger partial charge is 0.383 e. The second-order valence-corrected chi connectivity index (χ2v) is 5.94. The topological polar surface area (TPSA) is 114 Å². The Bertz CT molecular complexity index is 793. The van der Waals surface area contributed by atoms with Crippen LogP contribution >= 0.6 is 0 Å². The van der Waals surface area contributed by atoms with Crippen LogP contribution in [0.3, 0.4) is 0 Å². The summed E-state index contributed by atoms with van der Waals surface area (Å²) in [5, 5.41) is 3.55. The zero-order valence-electron chi connectivity index (χ0n) is 14.8. The molecule has 8 nitrogen and oxygen atoms in total. The van der Waals surface area contributed by atoms with Crippen LogP contribution in [0.4, 0.5) is 33.3 Å². The molecule has 1 atom stereocenters. The Morgan fingerprint density at radius 2 is 2.00 bits per heavy atom. The minimum absolute atomic E-state index is 0.0587. The number of nitrogens with one attached hydrogen (secondary N) is 2. The van der Waals surface area contributed by atoms with Gasteiger partial charge in [-0.1, -0.05) is 0 Å². The summed E-state index contributed by atoms with van der Waals surface area (Å²) in [4.78, 5) is 36.3. The third-order valence-electron chi connectivity index (χ3n) is 3.93. The Balaban J connectivity index is 2.08. The normalized spacial score (nSPS) is 16.0. The maximum absolute atomic E-state index is 14.3. The van der Waals surface area contributed by atoms with Crippen LogP contribution in [0.5, 0.6) is 0 Å². The number of halogens is 5. The number of benzene rings is 1. The predicted octanol–water partition coefficient (Wildman–Crippen LogP) is 0.471. The first-order valence-electron chi connectivity index (χ1n) is 8.23. The van der Waals surface area contributed by atoms with Crippen molar-refractivity contribution in [3.05, 3.63) is 24.0 Å². The van der Waals surface area contributed by atoms with E-state index in [0.717, 1.165) is 11.0 Å². The summed E-state index contributed by atoms with van der Waals surface area (Å²) in [7, 11) is 0. The highest BCUT2D eigenvalue weighted by Crippen LogP contribution is 2.25. The number of carbonyl (C=O) groups excluding carboxylic acids is 3. The van der Waals surface area contributed by atoms with Crippen LogP contribution in [0.2, 0.25) is 0 Å². The molecular weight excluding hydrogens is 407 g/mol. The molecule has 2 rings (SSSR count). The predicted molar refractivity (Wildman–Crippen MR) is 90.1 cm³/mol. The zero-order valence-corrected chi connectivity index (χ0v) is 14.8. The molecule has 0 saturated carbocycles. The minimum atomic E-state index is -5.01. The highest BCUT2D eigenvalue weighted by molar-refractivity contribution is 5.99. The lowest BCUT2D eigenvalue weighted by Gasteiger charge is -2.27. The van der Waals surface area contributed by atoms with Gasteiger partial charge in [-0.3, -0.25) is 14.4 Å². The van der Waals surface area contributed by atoms with E-state index in [2.05, 4.69) is 5.32 Å². The molecule has 0 unspecified atom stereocenters. The average molecular weight is 424 g/mol. The average Bonchev–Trinajstić information content (AvgIpc) is 2.66. The number of hydrogen-bond donors (Lipinski definition) is 3. The van der Waals surface area contributed by atoms with Crippen LogP contribution in [0.1, 0.15) is 0 Å². The van der Waals surface area contributed by atoms with Gasteiger partial charge in [0.05, 0.1) is 12.3 Å². The van der Waals surface area contributed by atoms with Crippen molar-refractivity contribution in [3.8, 4) is 0 Å². The van der Waals surface area contributed by atoms with E-state index in [9.17, 15) is 36.3 Å². The Hall–Kier alpha value is -2.80. The van der Waals surface area contributed by atoms with Crippen LogP contribution in [-0.4, -0.2) is 62.4 Å². The molecule has 4 N–H and O–H groups in total. The van der Waals surface area contributed by atoms with Crippen molar-refractivity contribution >= 4 is 29.1 Å². The molecule has 0 aliphatic carbocycles. The van der Waals surface area contributed by atoms with E-state index >= 15 is 0 Å². The molecule has 1 aromatic carbocycles. The van der Waals surface area contributed by atoms with Crippen molar-refractivity contribution in [1.29, 1.82) is 0 Å². The van der Waals surface area contributed by atoms with E-state index in [-0.39, 0.29) is 31.1 Å². The first-order valence-corrected chi connectivity index (χ1v) is 8.23. The number of morpholine rings is 1. The number of nitrogens with zero attached hydrogens (tertiary/aromatic N) is 1. The monoisotopic (exact) mass is 424 g/mol. The van der Waals surface area contributed by atoms with Gasteiger partial charge in [0.1, 0.15) is 18.5 Å². The molecule has 0 spiro atoms. The lowest BCUT2D eigenvalue weighted by Crippen LogP contribution is -2.55. The van der Waals surface area contributed by atoms with Crippen molar-refractivity contribution in [2.45, 2.75) is 18.4 Å². The fourth-order valence-electron chi connectivity index (χ4n) is 2.39. The molecule has 0 radical (unpaired) electrons. The van der Waals surface area contributed by atoms with Gasteiger partial charge in [-0.05, 0) is 18.2 Å². The molecule has 1 aliphatic rings. The van der Waals surface area contributed by atoms with Gasteiger partial charge < -0.3 is 26.0 Å². The highest BCUT2D eigenvalue weighted by atomic mass is 19.3. The number of amides is 3. The fraction of sp³-hybridized carbons (Fsp3) is 0.438. The molecular formula is C16H17F5N4O4. The lowest BCUT2D eigenvalue weighted by molar-refractivity contribution is -0.170. The zero-order chi connectivity index (χ0) is 21.8. The van der Waals surface area contributed by atoms with Crippen molar-refractivity contribution in [3.63, 3.8) is 0 Å². The van der Waals surface area contributed by atoms with Gasteiger partial charge in [0.2, 0.25) is 5.91 Å². The van der Waals surface area contributed by atoms with Gasteiger partial charge in [-0.25, -0.2) is 13.2 Å². The maximum atomic E-state index is 14.3. The maximum Gasteiger partial charge on any atom is 0.383 e. The molecule has 13 heteroatoms. The number of hydrogen-bond acceptors (Lipinski definition) is 5. The van der Waals surface area contributed by atoms with Gasteiger partial charge in [-0.15, -0.1) is 0 Å². The lowest BCUT2D eigenvalue weighted by atomic mass is 10.2. The smallest absolute Gasteiger partial charge is 0.370 e. The molecule has 0 bridgehead atoms. The van der Waals surface area contributed by atoms with Gasteiger partial charge in [0.25, 0.3) is 11.8 Å². The Labute approximate surface area is 161 Å². The van der Waals surface area contributed by atoms with E-state index in [1.165, 1.54) is 17.4 Å². The summed E-state index contributed by atoms with van der Waals surface area (Å²) < 4.78 is 69.7. The second kappa shape index (κ2) is 9.13. The summed E-state index contributed by atoms with van der Waals surface area (Å²) in [6, 6.07) is 1.52. The van der Waals surface area contributed by atoms with Gasteiger partial charge >= 0.3 is 12.3 Å². The molecule has 160 valence electrons. The van der Waals surface area contributed by atoms with Gasteiger partial charge in [-0.2, -0.15) is 8.78 Å². The molecule has 1 aromatic rings. The van der Waals surface area contributed by atoms with Crippen molar-refractivity contribution < 1.29 is 41.1 Å². The summed E-state index contributed by atoms with van der Waals surface area (Å²) in [6.07, 6.45) is -4.27. The second-order valence-electron chi connectivity index (χ2n) is 5.94. The van der Waals surface area contributed by atoms with Crippen LogP contribution in [0.25, 0.3) is 0 Å². The number of nitrogens with two attached hydrogens (primary N) is 1. The summed E-state index contributed by atoms with van der Waals surface area (Å²) >= 11 is 0. The third kappa shape index (κ3) is 5.17. The highest BCUT2D eigenvalue weighted by Gasteiger charge is 2.49. The fourth-order valence-corrected chi connectivity index (χ4v) is 2.39. The summed E-state index contributed by atoms with van der Waals surface area (Å²) in [5.41, 5.74) is 5.03. The van der Waals surface area contributed by atoms with Crippen molar-refractivity contribution in [2.24, 2.45) is 5.73 Å². The molecule has 1 saturated heterocycles. The van der Waals surface area contributed by atoms with Crippen LogP contribution in [0.15, 0.2) is 18.2 Å². The van der Waals surface area contributed by atoms with E-state index in [4.69, 9.17) is 10.5 Å².